The van der Waals surface area contributed by atoms with E-state index < -0.39 is 0 Å². The summed E-state index contributed by atoms with van der Waals surface area (Å²) < 4.78 is 0. The fraction of sp³-hybridized carbons (Fsp3) is 1.00. The van der Waals surface area contributed by atoms with Gasteiger partial charge >= 0.3 is 0 Å². The summed E-state index contributed by atoms with van der Waals surface area (Å²) in [4.78, 5) is 0. The van der Waals surface area contributed by atoms with Crippen LogP contribution in [-0.2, 0) is 0 Å². The number of aliphatic hydroxyl groups excluding tert-OH is 1. The van der Waals surface area contributed by atoms with E-state index in [1.165, 1.54) is 19.3 Å². The largest absolute Gasteiger partial charge is 0.396 e. The van der Waals surface area contributed by atoms with Crippen molar-refractivity contribution in [1.82, 2.24) is 0 Å². The number of nitrogens with two attached hydrogens (primary N) is 1. The van der Waals surface area contributed by atoms with E-state index >= 15 is 0 Å². The Hall–Kier alpha value is 0.210. The Morgan fingerprint density at radius 2 is 2.00 bits per heavy atom. The first-order chi connectivity index (χ1) is 4.81. The average Bonchev–Trinajstić information content (AvgIpc) is 2.44. The van der Waals surface area contributed by atoms with Gasteiger partial charge in [-0.25, -0.2) is 0 Å². The van der Waals surface area contributed by atoms with Crippen LogP contribution in [0.5, 0.6) is 0 Å². The molecule has 0 aromatic heterocycles. The van der Waals surface area contributed by atoms with Crippen LogP contribution < -0.4 is 5.73 Å². The van der Waals surface area contributed by atoms with Crippen molar-refractivity contribution in [2.45, 2.75) is 25.3 Å². The Labute approximate surface area is 73.6 Å². The molecule has 0 heterocycles. The van der Waals surface area contributed by atoms with E-state index in [0.29, 0.717) is 24.5 Å². The van der Waals surface area contributed by atoms with Gasteiger partial charge in [-0.15, -0.1) is 12.4 Å². The highest BCUT2D eigenvalue weighted by molar-refractivity contribution is 5.85. The fourth-order valence-corrected chi connectivity index (χ4v) is 2.76. The van der Waals surface area contributed by atoms with Gasteiger partial charge in [0.1, 0.15) is 0 Å². The molecule has 0 radical (unpaired) electrons. The van der Waals surface area contributed by atoms with Crippen molar-refractivity contribution in [3.63, 3.8) is 0 Å². The first-order valence-corrected chi connectivity index (χ1v) is 4.17. The van der Waals surface area contributed by atoms with E-state index in [1.807, 2.05) is 0 Å². The number of rotatable bonds is 1. The number of hydrogen-bond acceptors (Lipinski definition) is 2. The van der Waals surface area contributed by atoms with Crippen LogP contribution in [0.4, 0.5) is 0 Å². The first kappa shape index (κ1) is 9.30. The molecule has 0 aromatic rings. The molecule has 3 heteroatoms. The summed E-state index contributed by atoms with van der Waals surface area (Å²) in [7, 11) is 0. The zero-order valence-corrected chi connectivity index (χ0v) is 7.39. The van der Waals surface area contributed by atoms with Crippen molar-refractivity contribution in [1.29, 1.82) is 0 Å². The topological polar surface area (TPSA) is 46.2 Å². The van der Waals surface area contributed by atoms with Gasteiger partial charge in [-0.1, -0.05) is 0 Å². The van der Waals surface area contributed by atoms with Crippen molar-refractivity contribution in [2.24, 2.45) is 23.5 Å². The van der Waals surface area contributed by atoms with Gasteiger partial charge in [-0.3, -0.25) is 0 Å². The SMILES string of the molecule is Cl.N[C@@H]1CC2CC1[C@H](CO)C2. The summed E-state index contributed by atoms with van der Waals surface area (Å²) >= 11 is 0. The molecule has 0 aliphatic heterocycles. The molecule has 0 amide bonds. The minimum atomic E-state index is 0. The number of fused-ring (bicyclic) bond motifs is 2. The smallest absolute Gasteiger partial charge is 0.0462 e. The summed E-state index contributed by atoms with van der Waals surface area (Å²) in [6, 6.07) is 0.399. The van der Waals surface area contributed by atoms with E-state index in [4.69, 9.17) is 10.8 Å². The molecule has 4 atom stereocenters. The van der Waals surface area contributed by atoms with Crippen LogP contribution in [0.3, 0.4) is 0 Å². The van der Waals surface area contributed by atoms with Gasteiger partial charge in [0.25, 0.3) is 0 Å². The zero-order valence-electron chi connectivity index (χ0n) is 6.57. The quantitative estimate of drug-likeness (QED) is 0.622. The highest BCUT2D eigenvalue weighted by atomic mass is 35.5. The van der Waals surface area contributed by atoms with Crippen LogP contribution in [-0.4, -0.2) is 17.8 Å². The molecule has 2 aliphatic rings. The predicted molar refractivity (Wildman–Crippen MR) is 46.6 cm³/mol. The monoisotopic (exact) mass is 177 g/mol. The lowest BCUT2D eigenvalue weighted by Crippen LogP contribution is -2.33. The van der Waals surface area contributed by atoms with E-state index in [1.54, 1.807) is 0 Å². The van der Waals surface area contributed by atoms with Gasteiger partial charge < -0.3 is 10.8 Å². The third-order valence-corrected chi connectivity index (χ3v) is 3.24. The van der Waals surface area contributed by atoms with Gasteiger partial charge in [0, 0.05) is 12.6 Å². The van der Waals surface area contributed by atoms with Gasteiger partial charge in [0.2, 0.25) is 0 Å². The van der Waals surface area contributed by atoms with Crippen molar-refractivity contribution in [2.75, 3.05) is 6.61 Å². The van der Waals surface area contributed by atoms with Crippen molar-refractivity contribution in [3.8, 4) is 0 Å². The molecule has 0 spiro atoms. The van der Waals surface area contributed by atoms with Gasteiger partial charge in [0.05, 0.1) is 0 Å². The molecule has 66 valence electrons. The number of halogens is 1. The van der Waals surface area contributed by atoms with Crippen LogP contribution in [0.1, 0.15) is 19.3 Å². The lowest BCUT2D eigenvalue weighted by molar-refractivity contribution is 0.166. The minimum absolute atomic E-state index is 0. The molecule has 11 heavy (non-hydrogen) atoms. The van der Waals surface area contributed by atoms with Gasteiger partial charge in [0.15, 0.2) is 0 Å². The van der Waals surface area contributed by atoms with E-state index in [-0.39, 0.29) is 12.4 Å². The van der Waals surface area contributed by atoms with Gasteiger partial charge in [-0.05, 0) is 37.0 Å². The molecule has 2 unspecified atom stereocenters. The lowest BCUT2D eigenvalue weighted by Gasteiger charge is -2.24. The Morgan fingerprint density at radius 3 is 2.36 bits per heavy atom. The maximum absolute atomic E-state index is 8.95. The molecule has 2 aliphatic carbocycles. The standard InChI is InChI=1S/C8H15NO.ClH/c9-8-3-5-1-6(4-10)7(8)2-5;/h5-8,10H,1-4,9H2;1H/t5?,6-,7?,8+;/m0./s1. The Balaban J connectivity index is 0.000000605. The van der Waals surface area contributed by atoms with Crippen LogP contribution in [0, 0.1) is 17.8 Å². The maximum atomic E-state index is 8.95. The average molecular weight is 178 g/mol. The second kappa shape index (κ2) is 3.30. The highest BCUT2D eigenvalue weighted by Gasteiger charge is 2.43. The Kier molecular flexibility index (Phi) is 2.79. The third kappa shape index (κ3) is 1.40. The van der Waals surface area contributed by atoms with Crippen LogP contribution >= 0.6 is 12.4 Å². The maximum Gasteiger partial charge on any atom is 0.0462 e. The second-order valence-corrected chi connectivity index (χ2v) is 3.84. The summed E-state index contributed by atoms with van der Waals surface area (Å²) in [5.41, 5.74) is 5.87. The van der Waals surface area contributed by atoms with Crippen LogP contribution in [0.15, 0.2) is 0 Å². The molecule has 2 fully saturated rings. The van der Waals surface area contributed by atoms with E-state index in [2.05, 4.69) is 0 Å². The molecule has 2 bridgehead atoms. The van der Waals surface area contributed by atoms with E-state index in [0.717, 1.165) is 5.92 Å². The summed E-state index contributed by atoms with van der Waals surface area (Å²) in [5, 5.41) is 8.95. The molecule has 0 aromatic carbocycles. The highest BCUT2D eigenvalue weighted by Crippen LogP contribution is 2.47. The molecular weight excluding hydrogens is 162 g/mol. The molecular formula is C8H16ClNO. The first-order valence-electron chi connectivity index (χ1n) is 4.17. The van der Waals surface area contributed by atoms with Crippen LogP contribution in [0.2, 0.25) is 0 Å². The number of aliphatic hydroxyl groups is 1. The zero-order chi connectivity index (χ0) is 7.14. The molecule has 2 saturated carbocycles. The molecule has 0 saturated heterocycles. The molecule has 2 nitrogen and oxygen atoms in total. The summed E-state index contributed by atoms with van der Waals surface area (Å²) in [6.07, 6.45) is 3.72. The van der Waals surface area contributed by atoms with Crippen LogP contribution in [0.25, 0.3) is 0 Å². The third-order valence-electron chi connectivity index (χ3n) is 3.24. The number of hydrogen-bond donors (Lipinski definition) is 2. The molecule has 3 N–H and O–H groups in total. The van der Waals surface area contributed by atoms with Crippen molar-refractivity contribution >= 4 is 12.4 Å². The minimum Gasteiger partial charge on any atom is -0.396 e. The van der Waals surface area contributed by atoms with Crippen molar-refractivity contribution < 1.29 is 5.11 Å². The Bertz CT molecular complexity index is 140. The van der Waals surface area contributed by atoms with Gasteiger partial charge in [-0.2, -0.15) is 0 Å². The van der Waals surface area contributed by atoms with Crippen molar-refractivity contribution in [3.05, 3.63) is 0 Å². The predicted octanol–water partition coefficient (Wildman–Crippen LogP) is 0.774. The lowest BCUT2D eigenvalue weighted by atomic mass is 9.86. The second-order valence-electron chi connectivity index (χ2n) is 3.84. The Morgan fingerprint density at radius 1 is 1.27 bits per heavy atom. The normalized spacial score (nSPS) is 47.5. The summed E-state index contributed by atoms with van der Waals surface area (Å²) in [5.74, 6) is 2.03. The fourth-order valence-electron chi connectivity index (χ4n) is 2.76. The summed E-state index contributed by atoms with van der Waals surface area (Å²) in [6.45, 7) is 0.356. The molecule has 2 rings (SSSR count). The van der Waals surface area contributed by atoms with E-state index in [9.17, 15) is 0 Å².